The Hall–Kier alpha value is -1.87. The molecule has 0 aromatic heterocycles. The number of fused-ring (bicyclic) bond motifs is 5. The van der Waals surface area contributed by atoms with Gasteiger partial charge in [0.05, 0.1) is 18.1 Å². The predicted octanol–water partition coefficient (Wildman–Crippen LogP) is 2.10. The van der Waals surface area contributed by atoms with E-state index in [4.69, 9.17) is 34.4 Å². The highest BCUT2D eigenvalue weighted by molar-refractivity contribution is 5.82. The van der Waals surface area contributed by atoms with E-state index in [1.54, 1.807) is 0 Å². The molecule has 13 nitrogen and oxygen atoms in total. The van der Waals surface area contributed by atoms with Gasteiger partial charge in [-0.25, -0.2) is 0 Å². The summed E-state index contributed by atoms with van der Waals surface area (Å²) in [7, 11) is 0. The molecule has 0 heterocycles. The highest BCUT2D eigenvalue weighted by Gasteiger charge is 2.66. The molecule has 3 amide bonds. The first-order valence-electron chi connectivity index (χ1n) is 22.2. The molecule has 4 fully saturated rings. The van der Waals surface area contributed by atoms with Gasteiger partial charge in [-0.15, -0.1) is 0 Å². The number of carbonyl (C=O) groups is 3. The summed E-state index contributed by atoms with van der Waals surface area (Å²) in [5, 5.41) is 20.2. The molecule has 14 atom stereocenters. The molecule has 13 heteroatoms. The summed E-state index contributed by atoms with van der Waals surface area (Å²) in [6.45, 7) is 9.07. The van der Waals surface area contributed by atoms with E-state index in [0.717, 1.165) is 96.3 Å². The predicted molar refractivity (Wildman–Crippen MR) is 220 cm³/mol. The Morgan fingerprint density at radius 2 is 1.22 bits per heavy atom. The summed E-state index contributed by atoms with van der Waals surface area (Å²) in [4.78, 5) is 41.1. The van der Waals surface area contributed by atoms with Crippen molar-refractivity contribution in [1.82, 2.24) is 16.0 Å². The minimum absolute atomic E-state index is 0.0108. The lowest BCUT2D eigenvalue weighted by atomic mass is 9.42. The van der Waals surface area contributed by atoms with Gasteiger partial charge in [-0.3, -0.25) is 14.4 Å². The van der Waals surface area contributed by atoms with Crippen molar-refractivity contribution < 1.29 is 19.5 Å². The molecule has 8 unspecified atom stereocenters. The largest absolute Gasteiger partial charge is 0.396 e. The standard InChI is InChI=1S/C42H81N9O4/c1-26(11-10-22-52)29-15-16-30-37-31(25-36(42(29,30)3)51-40(55)34(48)14-6-9-21-45)41(2)18-17-28(49-38(53)32(46)12-4-7-19-43)23-27(41)24-35(37)50-39(54)33(47)13-5-8-20-44/h26-37,52H,4-25,43-48H2,1-3H3,(H,49,53)(H,50,54)(H,51,55)/t26?,27?,28-,29?,30+,31+,32+,33+,34+,35?,36?,37?,41?,42?/m1/s1. The lowest BCUT2D eigenvalue weighted by Gasteiger charge is -2.65. The lowest BCUT2D eigenvalue weighted by molar-refractivity contribution is -0.154. The first-order valence-corrected chi connectivity index (χ1v) is 22.2. The first-order chi connectivity index (χ1) is 26.3. The number of hydrogen-bond acceptors (Lipinski definition) is 10. The molecule has 0 radical (unpaired) electrons. The fourth-order valence-electron chi connectivity index (χ4n) is 12.1. The molecule has 0 aromatic carbocycles. The molecule has 4 aliphatic carbocycles. The van der Waals surface area contributed by atoms with Crippen LogP contribution in [-0.2, 0) is 14.4 Å². The third-order valence-electron chi connectivity index (χ3n) is 15.4. The quantitative estimate of drug-likeness (QED) is 0.0716. The number of nitrogens with one attached hydrogen (secondary N) is 3. The number of carbonyl (C=O) groups excluding carboxylic acids is 3. The van der Waals surface area contributed by atoms with Crippen LogP contribution in [-0.4, -0.2) is 85.3 Å². The number of rotatable bonds is 22. The molecule has 4 aliphatic rings. The van der Waals surface area contributed by atoms with E-state index in [1.165, 1.54) is 0 Å². The fourth-order valence-corrected chi connectivity index (χ4v) is 12.1. The van der Waals surface area contributed by atoms with Crippen molar-refractivity contribution in [2.45, 2.75) is 173 Å². The minimum Gasteiger partial charge on any atom is -0.396 e. The lowest BCUT2D eigenvalue weighted by Crippen LogP contribution is -2.68. The van der Waals surface area contributed by atoms with Gasteiger partial charge in [0.25, 0.3) is 0 Å². The van der Waals surface area contributed by atoms with Gasteiger partial charge < -0.3 is 55.5 Å². The van der Waals surface area contributed by atoms with Gasteiger partial charge in [0.2, 0.25) is 17.7 Å². The van der Waals surface area contributed by atoms with Crippen LogP contribution >= 0.6 is 0 Å². The van der Waals surface area contributed by atoms with Crippen molar-refractivity contribution in [2.24, 2.45) is 80.7 Å². The fraction of sp³-hybridized carbons (Fsp3) is 0.929. The summed E-state index contributed by atoms with van der Waals surface area (Å²) in [5.41, 5.74) is 36.3. The van der Waals surface area contributed by atoms with E-state index < -0.39 is 18.1 Å². The zero-order chi connectivity index (χ0) is 40.3. The molecule has 55 heavy (non-hydrogen) atoms. The van der Waals surface area contributed by atoms with Crippen LogP contribution in [0.2, 0.25) is 0 Å². The molecular formula is C42H81N9O4. The van der Waals surface area contributed by atoms with Crippen LogP contribution in [0.15, 0.2) is 0 Å². The Labute approximate surface area is 332 Å². The molecule has 0 saturated heterocycles. The van der Waals surface area contributed by atoms with E-state index in [0.29, 0.717) is 50.7 Å². The van der Waals surface area contributed by atoms with Crippen molar-refractivity contribution >= 4 is 17.7 Å². The van der Waals surface area contributed by atoms with E-state index in [9.17, 15) is 19.5 Å². The van der Waals surface area contributed by atoms with Crippen molar-refractivity contribution in [3.63, 3.8) is 0 Å². The van der Waals surface area contributed by atoms with E-state index in [2.05, 4.69) is 36.7 Å². The van der Waals surface area contributed by atoms with Gasteiger partial charge in [0, 0.05) is 24.7 Å². The Balaban J connectivity index is 1.68. The zero-order valence-corrected chi connectivity index (χ0v) is 34.6. The summed E-state index contributed by atoms with van der Waals surface area (Å²) in [5.74, 6) is 1.41. The number of nitrogens with two attached hydrogens (primary N) is 6. The molecule has 0 aromatic rings. The zero-order valence-electron chi connectivity index (χ0n) is 34.6. The molecule has 0 bridgehead atoms. The maximum atomic E-state index is 13.9. The molecule has 0 aliphatic heterocycles. The number of aliphatic hydroxyl groups is 1. The van der Waals surface area contributed by atoms with Crippen LogP contribution in [0.3, 0.4) is 0 Å². The van der Waals surface area contributed by atoms with E-state index in [-0.39, 0.29) is 77.0 Å². The van der Waals surface area contributed by atoms with Crippen molar-refractivity contribution in [2.75, 3.05) is 26.2 Å². The Bertz CT molecular complexity index is 1230. The number of amides is 3. The van der Waals surface area contributed by atoms with E-state index >= 15 is 0 Å². The average molecular weight is 776 g/mol. The van der Waals surface area contributed by atoms with Gasteiger partial charge in [-0.2, -0.15) is 0 Å². The average Bonchev–Trinajstić information content (AvgIpc) is 3.52. The SMILES string of the molecule is CC(CCCO)C1CC[C@H]2C3C(NC(=O)[C@@H](N)CCCCN)CC4C[C@H](NC(=O)[C@@H](N)CCCCN)CCC4(C)[C@H]3CC(NC(=O)[C@@H](N)CCCCN)C12C. The van der Waals surface area contributed by atoms with Crippen LogP contribution < -0.4 is 50.4 Å². The third-order valence-corrected chi connectivity index (χ3v) is 15.4. The summed E-state index contributed by atoms with van der Waals surface area (Å²) >= 11 is 0. The molecule has 0 spiro atoms. The number of aliphatic hydroxyl groups excluding tert-OH is 1. The summed E-state index contributed by atoms with van der Waals surface area (Å²) in [6.07, 6.45) is 14.8. The van der Waals surface area contributed by atoms with Crippen molar-refractivity contribution in [1.29, 1.82) is 0 Å². The minimum atomic E-state index is -0.602. The molecule has 4 rings (SSSR count). The maximum absolute atomic E-state index is 13.9. The van der Waals surface area contributed by atoms with Crippen LogP contribution in [0.25, 0.3) is 0 Å². The second-order valence-corrected chi connectivity index (χ2v) is 18.7. The second kappa shape index (κ2) is 21.2. The first kappa shape index (κ1) is 45.8. The van der Waals surface area contributed by atoms with Crippen LogP contribution in [0, 0.1) is 46.3 Å². The van der Waals surface area contributed by atoms with Crippen LogP contribution in [0.4, 0.5) is 0 Å². The van der Waals surface area contributed by atoms with Gasteiger partial charge in [-0.05, 0) is 162 Å². The van der Waals surface area contributed by atoms with Crippen LogP contribution in [0.5, 0.6) is 0 Å². The maximum Gasteiger partial charge on any atom is 0.237 e. The van der Waals surface area contributed by atoms with Gasteiger partial charge in [-0.1, -0.05) is 40.0 Å². The Morgan fingerprint density at radius 1 is 0.673 bits per heavy atom. The molecular weight excluding hydrogens is 695 g/mol. The molecule has 4 saturated carbocycles. The number of unbranched alkanes of at least 4 members (excludes halogenated alkanes) is 3. The Kier molecular flexibility index (Phi) is 17.7. The van der Waals surface area contributed by atoms with Gasteiger partial charge >= 0.3 is 0 Å². The Morgan fingerprint density at radius 3 is 1.76 bits per heavy atom. The highest BCUT2D eigenvalue weighted by atomic mass is 16.3. The smallest absolute Gasteiger partial charge is 0.237 e. The van der Waals surface area contributed by atoms with Crippen molar-refractivity contribution in [3.05, 3.63) is 0 Å². The summed E-state index contributed by atoms with van der Waals surface area (Å²) in [6, 6.07) is -1.89. The van der Waals surface area contributed by atoms with Gasteiger partial charge in [0.1, 0.15) is 0 Å². The van der Waals surface area contributed by atoms with Gasteiger partial charge in [0.15, 0.2) is 0 Å². The van der Waals surface area contributed by atoms with E-state index in [1.807, 2.05) is 0 Å². The topological polar surface area (TPSA) is 264 Å². The monoisotopic (exact) mass is 776 g/mol. The summed E-state index contributed by atoms with van der Waals surface area (Å²) < 4.78 is 0. The molecule has 318 valence electrons. The normalized spacial score (nSPS) is 35.0. The second-order valence-electron chi connectivity index (χ2n) is 18.7. The molecule has 16 N–H and O–H groups in total. The van der Waals surface area contributed by atoms with Crippen LogP contribution in [0.1, 0.15) is 136 Å². The van der Waals surface area contributed by atoms with Crippen molar-refractivity contribution in [3.8, 4) is 0 Å². The third kappa shape index (κ3) is 10.8. The number of hydrogen-bond donors (Lipinski definition) is 10. The highest BCUT2D eigenvalue weighted by Crippen LogP contribution is 2.68.